The summed E-state index contributed by atoms with van der Waals surface area (Å²) in [6.45, 7) is 0.456. The second-order valence-electron chi connectivity index (χ2n) is 2.79. The molecule has 1 amide bonds. The second kappa shape index (κ2) is 5.33. The molecule has 0 unspecified atom stereocenters. The number of terminal acetylenes is 1. The topological polar surface area (TPSA) is 46.9 Å². The number of carbonyl (C=O) groups is 1. The van der Waals surface area contributed by atoms with Crippen molar-refractivity contribution in [3.8, 4) is 12.3 Å². The van der Waals surface area contributed by atoms with E-state index in [1.54, 1.807) is 11.6 Å². The van der Waals surface area contributed by atoms with Gasteiger partial charge in [0.2, 0.25) is 5.82 Å². The van der Waals surface area contributed by atoms with Crippen molar-refractivity contribution in [3.63, 3.8) is 0 Å². The number of carbonyl (C=O) groups excluding carboxylic acids is 1. The molecule has 0 spiro atoms. The van der Waals surface area contributed by atoms with Gasteiger partial charge in [0.05, 0.1) is 0 Å². The first-order chi connectivity index (χ1) is 7.07. The van der Waals surface area contributed by atoms with Gasteiger partial charge in [-0.05, 0) is 31.9 Å². The zero-order valence-electron chi connectivity index (χ0n) is 8.05. The van der Waals surface area contributed by atoms with Crippen LogP contribution in [0, 0.1) is 12.3 Å². The van der Waals surface area contributed by atoms with E-state index >= 15 is 0 Å². The SMILES string of the molecule is C#CCCNC(=O)c1nc(Br)c(Br)n1C. The number of hydrogen-bond acceptors (Lipinski definition) is 2. The predicted octanol–water partition coefficient (Wildman–Crippen LogP) is 1.70. The highest BCUT2D eigenvalue weighted by Crippen LogP contribution is 2.22. The van der Waals surface area contributed by atoms with Crippen LogP contribution in [0.2, 0.25) is 0 Å². The minimum atomic E-state index is -0.237. The van der Waals surface area contributed by atoms with Gasteiger partial charge in [0.25, 0.3) is 5.91 Å². The van der Waals surface area contributed by atoms with Crippen molar-refractivity contribution in [2.45, 2.75) is 6.42 Å². The molecule has 0 fully saturated rings. The van der Waals surface area contributed by atoms with Gasteiger partial charge in [0.1, 0.15) is 9.21 Å². The Hall–Kier alpha value is -0.800. The summed E-state index contributed by atoms with van der Waals surface area (Å²) in [7, 11) is 1.75. The number of aromatic nitrogens is 2. The lowest BCUT2D eigenvalue weighted by atomic mass is 10.4. The van der Waals surface area contributed by atoms with Gasteiger partial charge >= 0.3 is 0 Å². The van der Waals surface area contributed by atoms with Crippen LogP contribution >= 0.6 is 31.9 Å². The minimum absolute atomic E-state index is 0.237. The van der Waals surface area contributed by atoms with E-state index in [2.05, 4.69) is 48.1 Å². The molecule has 0 aliphatic rings. The Kier molecular flexibility index (Phi) is 4.36. The normalized spacial score (nSPS) is 9.73. The lowest BCUT2D eigenvalue weighted by Crippen LogP contribution is -2.27. The fourth-order valence-corrected chi connectivity index (χ4v) is 1.67. The van der Waals surface area contributed by atoms with Crippen LogP contribution in [-0.2, 0) is 7.05 Å². The summed E-state index contributed by atoms with van der Waals surface area (Å²) in [4.78, 5) is 15.7. The molecule has 0 aliphatic carbocycles. The molecule has 1 N–H and O–H groups in total. The standard InChI is InChI=1S/C9H9Br2N3O/c1-3-4-5-12-9(15)8-13-6(10)7(11)14(8)2/h1H,4-5H2,2H3,(H,12,15). The van der Waals surface area contributed by atoms with Gasteiger partial charge in [0, 0.05) is 20.0 Å². The Morgan fingerprint density at radius 2 is 2.33 bits per heavy atom. The molecule has 0 aliphatic heterocycles. The van der Waals surface area contributed by atoms with E-state index in [1.165, 1.54) is 0 Å². The third-order valence-electron chi connectivity index (χ3n) is 1.74. The van der Waals surface area contributed by atoms with Gasteiger partial charge in [-0.2, -0.15) is 0 Å². The van der Waals surface area contributed by atoms with Crippen molar-refractivity contribution in [2.75, 3.05) is 6.54 Å². The van der Waals surface area contributed by atoms with Gasteiger partial charge in [-0.15, -0.1) is 12.3 Å². The van der Waals surface area contributed by atoms with Crippen LogP contribution in [0.3, 0.4) is 0 Å². The smallest absolute Gasteiger partial charge is 0.287 e. The number of halogens is 2. The molecule has 6 heteroatoms. The van der Waals surface area contributed by atoms with E-state index < -0.39 is 0 Å². The summed E-state index contributed by atoms with van der Waals surface area (Å²) < 4.78 is 2.98. The molecule has 80 valence electrons. The summed E-state index contributed by atoms with van der Waals surface area (Å²) in [5.41, 5.74) is 0. The molecule has 0 atom stereocenters. The van der Waals surface area contributed by atoms with Gasteiger partial charge < -0.3 is 9.88 Å². The first-order valence-corrected chi connectivity index (χ1v) is 5.76. The maximum atomic E-state index is 11.6. The Bertz CT molecular complexity index is 420. The Morgan fingerprint density at radius 3 is 2.80 bits per heavy atom. The average molecular weight is 335 g/mol. The largest absolute Gasteiger partial charge is 0.348 e. The molecule has 1 aromatic rings. The maximum Gasteiger partial charge on any atom is 0.287 e. The lowest BCUT2D eigenvalue weighted by Gasteiger charge is -2.02. The summed E-state index contributed by atoms with van der Waals surface area (Å²) >= 11 is 6.52. The van der Waals surface area contributed by atoms with E-state index in [0.29, 0.717) is 23.4 Å². The molecule has 4 nitrogen and oxygen atoms in total. The van der Waals surface area contributed by atoms with Crippen molar-refractivity contribution in [2.24, 2.45) is 7.05 Å². The molecular weight excluding hydrogens is 326 g/mol. The Balaban J connectivity index is 2.75. The van der Waals surface area contributed by atoms with Crippen LogP contribution in [0.5, 0.6) is 0 Å². The molecule has 1 rings (SSSR count). The van der Waals surface area contributed by atoms with Crippen molar-refractivity contribution < 1.29 is 4.79 Å². The van der Waals surface area contributed by atoms with Crippen LogP contribution < -0.4 is 5.32 Å². The third-order valence-corrected chi connectivity index (χ3v) is 3.74. The van der Waals surface area contributed by atoms with E-state index in [1.807, 2.05) is 0 Å². The van der Waals surface area contributed by atoms with Crippen LogP contribution in [-0.4, -0.2) is 22.0 Å². The zero-order valence-corrected chi connectivity index (χ0v) is 11.2. The summed E-state index contributed by atoms with van der Waals surface area (Å²) in [5, 5.41) is 2.67. The minimum Gasteiger partial charge on any atom is -0.348 e. The number of rotatable bonds is 3. The van der Waals surface area contributed by atoms with Crippen molar-refractivity contribution >= 4 is 37.8 Å². The monoisotopic (exact) mass is 333 g/mol. The van der Waals surface area contributed by atoms with Crippen molar-refractivity contribution in [3.05, 3.63) is 15.0 Å². The fourth-order valence-electron chi connectivity index (χ4n) is 0.976. The molecular formula is C9H9Br2N3O. The summed E-state index contributed by atoms with van der Waals surface area (Å²) in [6.07, 6.45) is 5.59. The molecule has 15 heavy (non-hydrogen) atoms. The quantitative estimate of drug-likeness (QED) is 0.675. The van der Waals surface area contributed by atoms with Gasteiger partial charge in [-0.3, -0.25) is 4.79 Å². The first-order valence-electron chi connectivity index (χ1n) is 4.17. The third kappa shape index (κ3) is 2.83. The van der Waals surface area contributed by atoms with E-state index in [0.717, 1.165) is 4.60 Å². The average Bonchev–Trinajstić information content (AvgIpc) is 2.46. The lowest BCUT2D eigenvalue weighted by molar-refractivity contribution is 0.0941. The highest BCUT2D eigenvalue weighted by atomic mass is 79.9. The fraction of sp³-hybridized carbons (Fsp3) is 0.333. The van der Waals surface area contributed by atoms with Crippen LogP contribution in [0.4, 0.5) is 0 Å². The number of nitrogens with one attached hydrogen (secondary N) is 1. The van der Waals surface area contributed by atoms with Crippen LogP contribution in [0.1, 0.15) is 17.0 Å². The second-order valence-corrected chi connectivity index (χ2v) is 4.29. The molecule has 0 saturated carbocycles. The van der Waals surface area contributed by atoms with Gasteiger partial charge in [-0.1, -0.05) is 0 Å². The van der Waals surface area contributed by atoms with E-state index in [-0.39, 0.29) is 5.91 Å². The Labute approximate surface area is 105 Å². The number of amides is 1. The van der Waals surface area contributed by atoms with Gasteiger partial charge in [-0.25, -0.2) is 4.98 Å². The molecule has 0 radical (unpaired) electrons. The molecule has 1 aromatic heterocycles. The van der Waals surface area contributed by atoms with Crippen LogP contribution in [0.25, 0.3) is 0 Å². The highest BCUT2D eigenvalue weighted by molar-refractivity contribution is 9.13. The predicted molar refractivity (Wildman–Crippen MR) is 64.4 cm³/mol. The summed E-state index contributed by atoms with van der Waals surface area (Å²) in [6, 6.07) is 0. The molecule has 1 heterocycles. The van der Waals surface area contributed by atoms with E-state index in [4.69, 9.17) is 6.42 Å². The number of imidazole rings is 1. The molecule has 0 bridgehead atoms. The maximum absolute atomic E-state index is 11.6. The molecule has 0 aromatic carbocycles. The highest BCUT2D eigenvalue weighted by Gasteiger charge is 2.16. The first kappa shape index (κ1) is 12.3. The van der Waals surface area contributed by atoms with Gasteiger partial charge in [0.15, 0.2) is 0 Å². The molecule has 0 saturated heterocycles. The van der Waals surface area contributed by atoms with Crippen molar-refractivity contribution in [1.82, 2.24) is 14.9 Å². The van der Waals surface area contributed by atoms with Crippen LogP contribution in [0.15, 0.2) is 9.21 Å². The zero-order chi connectivity index (χ0) is 11.4. The van der Waals surface area contributed by atoms with E-state index in [9.17, 15) is 4.79 Å². The number of nitrogens with zero attached hydrogens (tertiary/aromatic N) is 2. The number of hydrogen-bond donors (Lipinski definition) is 1. The summed E-state index contributed by atoms with van der Waals surface area (Å²) in [5.74, 6) is 2.55. The van der Waals surface area contributed by atoms with Crippen molar-refractivity contribution in [1.29, 1.82) is 0 Å². The Morgan fingerprint density at radius 1 is 1.67 bits per heavy atom.